The topological polar surface area (TPSA) is 102 Å². The minimum atomic E-state index is -2.76. The quantitative estimate of drug-likeness (QED) is 0.492. The summed E-state index contributed by atoms with van der Waals surface area (Å²) in [6, 6.07) is 22.2. The van der Waals surface area contributed by atoms with Crippen LogP contribution in [0.3, 0.4) is 0 Å². The molecule has 0 spiro atoms. The van der Waals surface area contributed by atoms with Crippen LogP contribution in [0.4, 0.5) is 8.78 Å². The maximum absolute atomic E-state index is 14.4. The number of fused-ring (bicyclic) bond motifs is 3. The van der Waals surface area contributed by atoms with E-state index in [0.29, 0.717) is 42.0 Å². The summed E-state index contributed by atoms with van der Waals surface area (Å²) >= 11 is 0. The van der Waals surface area contributed by atoms with Crippen LogP contribution in [0, 0.1) is 28.6 Å². The summed E-state index contributed by atoms with van der Waals surface area (Å²) in [6.07, 6.45) is 0.455. The molecule has 1 saturated heterocycles. The maximum atomic E-state index is 14.4. The van der Waals surface area contributed by atoms with Crippen LogP contribution in [0.2, 0.25) is 0 Å². The molecule has 2 aliphatic heterocycles. The predicted octanol–water partition coefficient (Wildman–Crippen LogP) is 4.84. The Hall–Kier alpha value is -4.05. The Bertz CT molecular complexity index is 1520. The molecule has 1 aromatic heterocycles. The van der Waals surface area contributed by atoms with Crippen molar-refractivity contribution in [1.82, 2.24) is 9.88 Å². The zero-order chi connectivity index (χ0) is 28.1. The summed E-state index contributed by atoms with van der Waals surface area (Å²) in [4.78, 5) is 6.11. The molecule has 0 amide bonds. The van der Waals surface area contributed by atoms with Crippen molar-refractivity contribution >= 4 is 0 Å². The standard InChI is InChI=1S/C31H28F2N4O3/c1-39-28-27-25(14-24(17-35)36-28)40-31(23-10-8-20(16-34)9-11-23)26(21-6-3-2-4-7-21)22(15-30(27,31)38)18-37-13-5-12-29(32,33)19-37/h2-4,6-11,14,22,26,38H,5,12-13,15,18-19H2,1H3/t22-,26-,30-,31+/m1/s1. The Morgan fingerprint density at radius 3 is 2.52 bits per heavy atom. The number of hydrogen-bond donors (Lipinski definition) is 1. The molecule has 2 aromatic carbocycles. The number of methoxy groups -OCH3 is 1. The molecular formula is C31H28F2N4O3. The van der Waals surface area contributed by atoms with Crippen molar-refractivity contribution in [3.05, 3.63) is 88.6 Å². The van der Waals surface area contributed by atoms with Crippen LogP contribution in [0.1, 0.15) is 53.1 Å². The fraction of sp³-hybridized carbons (Fsp3) is 0.387. The van der Waals surface area contributed by atoms with Crippen LogP contribution in [0.25, 0.3) is 0 Å². The van der Waals surface area contributed by atoms with Gasteiger partial charge in [0, 0.05) is 24.9 Å². The van der Waals surface area contributed by atoms with E-state index in [1.54, 1.807) is 29.2 Å². The normalized spacial score (nSPS) is 28.6. The van der Waals surface area contributed by atoms with Gasteiger partial charge in [-0.1, -0.05) is 42.5 Å². The van der Waals surface area contributed by atoms with Gasteiger partial charge < -0.3 is 14.6 Å². The Morgan fingerprint density at radius 2 is 1.88 bits per heavy atom. The van der Waals surface area contributed by atoms with Gasteiger partial charge in [-0.15, -0.1) is 0 Å². The SMILES string of the molecule is COc1nc(C#N)cc2c1[C@]1(O)C[C@H](CN3CCCC(F)(F)C3)[C@@H](c3ccccc3)[C@]1(c1ccc(C#N)cc1)O2. The van der Waals surface area contributed by atoms with Crippen LogP contribution in [-0.2, 0) is 11.2 Å². The average Bonchev–Trinajstić information content (AvgIpc) is 3.35. The van der Waals surface area contributed by atoms with E-state index in [1.165, 1.54) is 13.2 Å². The number of ether oxygens (including phenoxy) is 2. The first-order valence-corrected chi connectivity index (χ1v) is 13.3. The maximum Gasteiger partial charge on any atom is 0.260 e. The molecular weight excluding hydrogens is 514 g/mol. The third-order valence-electron chi connectivity index (χ3n) is 8.59. The lowest BCUT2D eigenvalue weighted by Gasteiger charge is -2.41. The van der Waals surface area contributed by atoms with E-state index < -0.39 is 23.0 Å². The Labute approximate surface area is 231 Å². The number of hydrogen-bond acceptors (Lipinski definition) is 7. The van der Waals surface area contributed by atoms with E-state index in [-0.39, 0.29) is 36.9 Å². The second kappa shape index (κ2) is 9.55. The molecule has 1 aliphatic carbocycles. The van der Waals surface area contributed by atoms with Gasteiger partial charge in [-0.25, -0.2) is 13.8 Å². The van der Waals surface area contributed by atoms with E-state index >= 15 is 0 Å². The Morgan fingerprint density at radius 1 is 1.12 bits per heavy atom. The van der Waals surface area contributed by atoms with Gasteiger partial charge in [-0.3, -0.25) is 4.90 Å². The Kier molecular flexibility index (Phi) is 6.25. The molecule has 3 heterocycles. The zero-order valence-electron chi connectivity index (χ0n) is 22.0. The number of alkyl halides is 2. The van der Waals surface area contributed by atoms with Crippen LogP contribution in [-0.4, -0.2) is 47.7 Å². The summed E-state index contributed by atoms with van der Waals surface area (Å²) in [5.74, 6) is -3.14. The number of nitrogens with zero attached hydrogens (tertiary/aromatic N) is 4. The number of pyridine rings is 1. The van der Waals surface area contributed by atoms with Crippen LogP contribution < -0.4 is 9.47 Å². The fourth-order valence-electron chi connectivity index (χ4n) is 7.15. The zero-order valence-corrected chi connectivity index (χ0v) is 22.0. The third-order valence-corrected chi connectivity index (χ3v) is 8.59. The van der Waals surface area contributed by atoms with Crippen molar-refractivity contribution in [1.29, 1.82) is 10.5 Å². The Balaban J connectivity index is 1.57. The molecule has 204 valence electrons. The van der Waals surface area contributed by atoms with Gasteiger partial charge in [-0.2, -0.15) is 10.5 Å². The smallest absolute Gasteiger partial charge is 0.260 e. The summed E-state index contributed by atoms with van der Waals surface area (Å²) in [5, 5.41) is 31.9. The number of aliphatic hydroxyl groups is 1. The summed E-state index contributed by atoms with van der Waals surface area (Å²) < 4.78 is 41.3. The minimum absolute atomic E-state index is 0.0810. The minimum Gasteiger partial charge on any atom is -0.481 e. The van der Waals surface area contributed by atoms with Gasteiger partial charge in [0.1, 0.15) is 23.1 Å². The number of halogens is 2. The van der Waals surface area contributed by atoms with Crippen molar-refractivity contribution in [3.8, 4) is 23.8 Å². The molecule has 7 nitrogen and oxygen atoms in total. The van der Waals surface area contributed by atoms with E-state index in [4.69, 9.17) is 9.47 Å². The number of aromatic nitrogens is 1. The highest BCUT2D eigenvalue weighted by atomic mass is 19.3. The van der Waals surface area contributed by atoms with E-state index in [9.17, 15) is 24.4 Å². The van der Waals surface area contributed by atoms with E-state index in [2.05, 4.69) is 11.1 Å². The summed E-state index contributed by atoms with van der Waals surface area (Å²) in [5.41, 5.74) is -0.694. The van der Waals surface area contributed by atoms with Gasteiger partial charge in [0.2, 0.25) is 5.88 Å². The molecule has 40 heavy (non-hydrogen) atoms. The third kappa shape index (κ3) is 3.92. The second-order valence-electron chi connectivity index (χ2n) is 10.9. The fourth-order valence-corrected chi connectivity index (χ4v) is 7.15. The molecule has 0 bridgehead atoms. The largest absolute Gasteiger partial charge is 0.481 e. The van der Waals surface area contributed by atoms with Gasteiger partial charge in [-0.05, 0) is 48.6 Å². The molecule has 4 atom stereocenters. The van der Waals surface area contributed by atoms with Crippen LogP contribution in [0.5, 0.6) is 11.6 Å². The summed E-state index contributed by atoms with van der Waals surface area (Å²) in [7, 11) is 1.42. The second-order valence-corrected chi connectivity index (χ2v) is 10.9. The van der Waals surface area contributed by atoms with E-state index in [1.807, 2.05) is 36.4 Å². The molecule has 0 unspecified atom stereocenters. The number of nitriles is 2. The van der Waals surface area contributed by atoms with Gasteiger partial charge >= 0.3 is 0 Å². The first-order valence-electron chi connectivity index (χ1n) is 13.3. The van der Waals surface area contributed by atoms with Crippen molar-refractivity contribution in [3.63, 3.8) is 0 Å². The number of likely N-dealkylation sites (tertiary alicyclic amines) is 1. The molecule has 6 rings (SSSR count). The molecule has 3 aromatic rings. The molecule has 1 N–H and O–H groups in total. The molecule has 1 saturated carbocycles. The van der Waals surface area contributed by atoms with Crippen molar-refractivity contribution in [2.45, 2.75) is 42.3 Å². The van der Waals surface area contributed by atoms with Crippen LogP contribution >= 0.6 is 0 Å². The van der Waals surface area contributed by atoms with Crippen molar-refractivity contribution in [2.24, 2.45) is 5.92 Å². The van der Waals surface area contributed by atoms with Crippen molar-refractivity contribution < 1.29 is 23.4 Å². The van der Waals surface area contributed by atoms with Crippen molar-refractivity contribution in [2.75, 3.05) is 26.7 Å². The van der Waals surface area contributed by atoms with Gasteiger partial charge in [0.05, 0.1) is 30.9 Å². The lowest BCUT2D eigenvalue weighted by Crippen LogP contribution is -2.49. The number of benzene rings is 2. The first kappa shape index (κ1) is 26.2. The average molecular weight is 543 g/mol. The van der Waals surface area contributed by atoms with Gasteiger partial charge in [0.25, 0.3) is 5.92 Å². The molecule has 3 aliphatic rings. The lowest BCUT2D eigenvalue weighted by atomic mass is 9.71. The van der Waals surface area contributed by atoms with Crippen LogP contribution in [0.15, 0.2) is 60.7 Å². The highest BCUT2D eigenvalue weighted by molar-refractivity contribution is 5.59. The number of rotatable bonds is 5. The highest BCUT2D eigenvalue weighted by Crippen LogP contribution is 2.69. The molecule has 9 heteroatoms. The highest BCUT2D eigenvalue weighted by Gasteiger charge is 2.72. The predicted molar refractivity (Wildman–Crippen MR) is 141 cm³/mol. The monoisotopic (exact) mass is 542 g/mol. The first-order chi connectivity index (χ1) is 19.2. The summed E-state index contributed by atoms with van der Waals surface area (Å²) in [6.45, 7) is 0.547. The molecule has 0 radical (unpaired) electrons. The lowest BCUT2D eigenvalue weighted by molar-refractivity contribution is -0.106. The number of piperidine rings is 1. The van der Waals surface area contributed by atoms with E-state index in [0.717, 1.165) is 5.56 Å². The molecule has 2 fully saturated rings. The van der Waals surface area contributed by atoms with Gasteiger partial charge in [0.15, 0.2) is 5.60 Å².